The van der Waals surface area contributed by atoms with E-state index in [9.17, 15) is 0 Å². The fraction of sp³-hybridized carbons (Fsp3) is 0.259. The van der Waals surface area contributed by atoms with Crippen LogP contribution in [-0.4, -0.2) is 13.4 Å². The van der Waals surface area contributed by atoms with Crippen LogP contribution in [0.2, 0.25) is 19.6 Å². The third-order valence-corrected chi connectivity index (χ3v) is 15.9. The lowest BCUT2D eigenvalue weighted by atomic mass is 10.3. The topological polar surface area (TPSA) is 0 Å². The van der Waals surface area contributed by atoms with E-state index in [1.165, 1.54) is 15.9 Å². The van der Waals surface area contributed by atoms with Crippen LogP contribution in [0.3, 0.4) is 0 Å². The predicted molar refractivity (Wildman–Crippen MR) is 136 cm³/mol. The van der Waals surface area contributed by atoms with Gasteiger partial charge >= 0.3 is 0 Å². The van der Waals surface area contributed by atoms with Crippen LogP contribution in [0.4, 0.5) is 0 Å². The number of hydrogen-bond acceptors (Lipinski definition) is 0. The lowest BCUT2D eigenvalue weighted by molar-refractivity contribution is 1.07. The SMILES string of the molecule is CC/C=C/CC([Si](C)(C)C)[P+](c1ccccc1)(c1ccccc1)c1ccccc1. The Hall–Kier alpha value is -1.95. The Morgan fingerprint density at radius 1 is 0.655 bits per heavy atom. The zero-order valence-electron chi connectivity index (χ0n) is 18.3. The predicted octanol–water partition coefficient (Wildman–Crippen LogP) is 6.58. The number of benzene rings is 3. The van der Waals surface area contributed by atoms with E-state index in [4.69, 9.17) is 0 Å². The molecule has 3 aromatic rings. The first kappa shape index (κ1) is 21.7. The molecule has 0 aliphatic carbocycles. The van der Waals surface area contributed by atoms with Crippen LogP contribution >= 0.6 is 7.26 Å². The van der Waals surface area contributed by atoms with Crippen LogP contribution in [0.25, 0.3) is 0 Å². The molecule has 0 nitrogen and oxygen atoms in total. The van der Waals surface area contributed by atoms with Crippen LogP contribution in [0.5, 0.6) is 0 Å². The molecule has 1 atom stereocenters. The van der Waals surface area contributed by atoms with Crippen molar-refractivity contribution in [2.45, 2.75) is 44.7 Å². The van der Waals surface area contributed by atoms with Crippen molar-refractivity contribution in [3.8, 4) is 0 Å². The Kier molecular flexibility index (Phi) is 7.27. The molecule has 0 aliphatic heterocycles. The first-order valence-electron chi connectivity index (χ1n) is 10.7. The molecule has 2 heteroatoms. The molecule has 0 aromatic heterocycles. The van der Waals surface area contributed by atoms with Crippen LogP contribution in [-0.2, 0) is 0 Å². The normalized spacial score (nSPS) is 13.5. The molecule has 1 unspecified atom stereocenters. The van der Waals surface area contributed by atoms with E-state index in [0.29, 0.717) is 5.28 Å². The molecule has 150 valence electrons. The zero-order valence-corrected chi connectivity index (χ0v) is 20.1. The summed E-state index contributed by atoms with van der Waals surface area (Å²) in [4.78, 5) is 0. The van der Waals surface area contributed by atoms with Gasteiger partial charge in [-0.05, 0) is 49.2 Å². The van der Waals surface area contributed by atoms with E-state index in [-0.39, 0.29) is 0 Å². The Morgan fingerprint density at radius 3 is 1.34 bits per heavy atom. The fourth-order valence-electron chi connectivity index (χ4n) is 4.46. The van der Waals surface area contributed by atoms with Gasteiger partial charge in [-0.2, -0.15) is 0 Å². The van der Waals surface area contributed by atoms with Gasteiger partial charge in [0.25, 0.3) is 0 Å². The van der Waals surface area contributed by atoms with Gasteiger partial charge in [-0.15, -0.1) is 0 Å². The van der Waals surface area contributed by atoms with E-state index in [0.717, 1.165) is 12.8 Å². The fourth-order valence-corrected chi connectivity index (χ4v) is 15.6. The van der Waals surface area contributed by atoms with Crippen molar-refractivity contribution in [1.29, 1.82) is 0 Å². The van der Waals surface area contributed by atoms with Crippen LogP contribution < -0.4 is 15.9 Å². The van der Waals surface area contributed by atoms with Crippen molar-refractivity contribution in [3.63, 3.8) is 0 Å². The molecular weight excluding hydrogens is 383 g/mol. The van der Waals surface area contributed by atoms with Crippen molar-refractivity contribution < 1.29 is 0 Å². The highest BCUT2D eigenvalue weighted by atomic mass is 31.2. The average Bonchev–Trinajstić information content (AvgIpc) is 2.75. The standard InChI is InChI=1S/C27H34PSi/c1-5-6-10-23-27(29(2,3)4)28(24-17-11-7-12-18-24,25-19-13-8-14-20-25)26-21-15-9-16-22-26/h6-22,27H,5,23H2,1-4H3/q+1/b10-6+. The Labute approximate surface area is 179 Å². The number of hydrogen-bond donors (Lipinski definition) is 0. The van der Waals surface area contributed by atoms with Gasteiger partial charge in [0.1, 0.15) is 23.2 Å². The van der Waals surface area contributed by atoms with Gasteiger partial charge in [-0.25, -0.2) is 0 Å². The molecule has 0 radical (unpaired) electrons. The van der Waals surface area contributed by atoms with E-state index < -0.39 is 15.3 Å². The molecule has 0 saturated carbocycles. The Morgan fingerprint density at radius 2 is 1.03 bits per heavy atom. The maximum Gasteiger partial charge on any atom is 0.111 e. The summed E-state index contributed by atoms with van der Waals surface area (Å²) >= 11 is 0. The lowest BCUT2D eigenvalue weighted by Crippen LogP contribution is -2.49. The first-order valence-corrected chi connectivity index (χ1v) is 16.2. The largest absolute Gasteiger partial charge is 0.111 e. The second-order valence-electron chi connectivity index (χ2n) is 8.73. The average molecular weight is 418 g/mol. The van der Waals surface area contributed by atoms with E-state index in [1.54, 1.807) is 0 Å². The minimum Gasteiger partial charge on any atom is -0.0887 e. The van der Waals surface area contributed by atoms with E-state index >= 15 is 0 Å². The summed E-state index contributed by atoms with van der Waals surface area (Å²) in [6.07, 6.45) is 7.05. The van der Waals surface area contributed by atoms with E-state index in [2.05, 4.69) is 130 Å². The Bertz CT molecular complexity index is 799. The van der Waals surface area contributed by atoms with Crippen LogP contribution in [0.1, 0.15) is 19.8 Å². The monoisotopic (exact) mass is 417 g/mol. The number of allylic oxidation sites excluding steroid dienone is 2. The molecule has 0 bridgehead atoms. The van der Waals surface area contributed by atoms with Gasteiger partial charge in [0.15, 0.2) is 0 Å². The summed E-state index contributed by atoms with van der Waals surface area (Å²) in [6.45, 7) is 9.90. The summed E-state index contributed by atoms with van der Waals surface area (Å²) in [5.74, 6) is 0. The molecular formula is C27H34PSi+. The second kappa shape index (κ2) is 9.70. The van der Waals surface area contributed by atoms with Gasteiger partial charge in [-0.1, -0.05) is 93.3 Å². The summed E-state index contributed by atoms with van der Waals surface area (Å²) in [6, 6.07) is 34.0. The van der Waals surface area contributed by atoms with Crippen molar-refractivity contribution >= 4 is 31.2 Å². The maximum atomic E-state index is 2.56. The molecule has 0 amide bonds. The third-order valence-electron chi connectivity index (χ3n) is 5.72. The summed E-state index contributed by atoms with van der Waals surface area (Å²) in [5.41, 5.74) is 0. The van der Waals surface area contributed by atoms with Crippen molar-refractivity contribution in [1.82, 2.24) is 0 Å². The minimum absolute atomic E-state index is 0.644. The molecule has 29 heavy (non-hydrogen) atoms. The summed E-state index contributed by atoms with van der Waals surface area (Å²) < 4.78 is 0. The van der Waals surface area contributed by atoms with Crippen molar-refractivity contribution in [2.24, 2.45) is 0 Å². The Balaban J connectivity index is 2.39. The molecule has 3 aromatic carbocycles. The van der Waals surface area contributed by atoms with E-state index in [1.807, 2.05) is 0 Å². The molecule has 3 rings (SSSR count). The summed E-state index contributed by atoms with van der Waals surface area (Å²) in [7, 11) is -3.34. The van der Waals surface area contributed by atoms with Gasteiger partial charge in [0.2, 0.25) is 0 Å². The number of rotatable bonds is 8. The van der Waals surface area contributed by atoms with Crippen LogP contribution in [0, 0.1) is 0 Å². The highest BCUT2D eigenvalue weighted by molar-refractivity contribution is 7.97. The van der Waals surface area contributed by atoms with Gasteiger partial charge in [0.05, 0.1) is 13.4 Å². The summed E-state index contributed by atoms with van der Waals surface area (Å²) in [5, 5.41) is 5.17. The minimum atomic E-state index is -1.81. The molecule has 0 heterocycles. The van der Waals surface area contributed by atoms with Gasteiger partial charge < -0.3 is 0 Å². The second-order valence-corrected chi connectivity index (χ2v) is 18.3. The highest BCUT2D eigenvalue weighted by Crippen LogP contribution is 2.63. The lowest BCUT2D eigenvalue weighted by Gasteiger charge is -2.40. The molecule has 0 saturated heterocycles. The molecule has 0 N–H and O–H groups in total. The third kappa shape index (κ3) is 4.63. The van der Waals surface area contributed by atoms with Crippen molar-refractivity contribution in [3.05, 3.63) is 103 Å². The van der Waals surface area contributed by atoms with Gasteiger partial charge in [-0.3, -0.25) is 0 Å². The maximum absolute atomic E-state index is 2.56. The highest BCUT2D eigenvalue weighted by Gasteiger charge is 2.56. The molecule has 0 spiro atoms. The smallest absolute Gasteiger partial charge is 0.0887 e. The van der Waals surface area contributed by atoms with Crippen molar-refractivity contribution in [2.75, 3.05) is 0 Å². The first-order chi connectivity index (χ1) is 14.0. The quantitative estimate of drug-likeness (QED) is 0.220. The molecule has 0 aliphatic rings. The zero-order chi connectivity index (χ0) is 20.7. The van der Waals surface area contributed by atoms with Crippen LogP contribution in [0.15, 0.2) is 103 Å². The van der Waals surface area contributed by atoms with Gasteiger partial charge in [0, 0.05) is 0 Å². The molecule has 0 fully saturated rings.